The number of allylic oxidation sites excluding steroid dienone is 1. The van der Waals surface area contributed by atoms with E-state index in [1.807, 2.05) is 42.5 Å². The lowest BCUT2D eigenvalue weighted by Crippen LogP contribution is -1.87. The van der Waals surface area contributed by atoms with Crippen LogP contribution < -0.4 is 5.43 Å². The van der Waals surface area contributed by atoms with Gasteiger partial charge in [-0.2, -0.15) is 5.10 Å². The van der Waals surface area contributed by atoms with E-state index in [2.05, 4.69) is 10.5 Å². The van der Waals surface area contributed by atoms with Gasteiger partial charge in [-0.3, -0.25) is 5.43 Å². The lowest BCUT2D eigenvalue weighted by Gasteiger charge is -1.99. The standard InChI is InChI=1S/C15H12Cl2N2/c16-13-6-8-14(9-7-13)19-18-11-10-15(17)12-4-2-1-3-5-12/h1-11,19H/b15-10?,18-11+. The number of hydrogen-bond donors (Lipinski definition) is 1. The van der Waals surface area contributed by atoms with Crippen molar-refractivity contribution in [2.75, 3.05) is 5.43 Å². The van der Waals surface area contributed by atoms with E-state index < -0.39 is 0 Å². The maximum atomic E-state index is 6.13. The zero-order valence-electron chi connectivity index (χ0n) is 10.1. The molecule has 96 valence electrons. The minimum Gasteiger partial charge on any atom is -0.279 e. The molecule has 0 radical (unpaired) electrons. The van der Waals surface area contributed by atoms with E-state index in [1.54, 1.807) is 24.4 Å². The molecule has 0 fully saturated rings. The summed E-state index contributed by atoms with van der Waals surface area (Å²) in [7, 11) is 0. The lowest BCUT2D eigenvalue weighted by atomic mass is 10.2. The normalized spacial score (nSPS) is 11.8. The van der Waals surface area contributed by atoms with Gasteiger partial charge in [-0.15, -0.1) is 0 Å². The average molecular weight is 291 g/mol. The first kappa shape index (κ1) is 13.7. The number of anilines is 1. The average Bonchev–Trinajstić information content (AvgIpc) is 2.46. The van der Waals surface area contributed by atoms with Crippen molar-refractivity contribution < 1.29 is 0 Å². The molecule has 19 heavy (non-hydrogen) atoms. The summed E-state index contributed by atoms with van der Waals surface area (Å²) >= 11 is 11.9. The molecular weight excluding hydrogens is 279 g/mol. The Morgan fingerprint density at radius 1 is 1.00 bits per heavy atom. The van der Waals surface area contributed by atoms with Crippen LogP contribution in [0, 0.1) is 0 Å². The highest BCUT2D eigenvalue weighted by atomic mass is 35.5. The van der Waals surface area contributed by atoms with Crippen LogP contribution in [0.1, 0.15) is 5.56 Å². The molecule has 0 saturated carbocycles. The molecule has 0 aliphatic heterocycles. The lowest BCUT2D eigenvalue weighted by molar-refractivity contribution is 1.36. The molecule has 2 rings (SSSR count). The molecule has 0 unspecified atom stereocenters. The maximum absolute atomic E-state index is 6.13. The topological polar surface area (TPSA) is 24.4 Å². The molecule has 0 heterocycles. The van der Waals surface area contributed by atoms with Gasteiger partial charge in [0.15, 0.2) is 0 Å². The fourth-order valence-corrected chi connectivity index (χ4v) is 1.74. The molecule has 0 atom stereocenters. The van der Waals surface area contributed by atoms with Crippen LogP contribution in [0.3, 0.4) is 0 Å². The third-order valence-electron chi connectivity index (χ3n) is 2.38. The van der Waals surface area contributed by atoms with Crippen LogP contribution in [-0.2, 0) is 0 Å². The van der Waals surface area contributed by atoms with Gasteiger partial charge in [-0.1, -0.05) is 53.5 Å². The molecule has 0 aliphatic rings. The highest BCUT2D eigenvalue weighted by molar-refractivity contribution is 6.49. The Kier molecular flexibility index (Phi) is 5.01. The van der Waals surface area contributed by atoms with Crippen molar-refractivity contribution in [3.05, 3.63) is 71.3 Å². The predicted octanol–water partition coefficient (Wildman–Crippen LogP) is 5.02. The van der Waals surface area contributed by atoms with Crippen molar-refractivity contribution >= 4 is 40.1 Å². The fourth-order valence-electron chi connectivity index (χ4n) is 1.43. The summed E-state index contributed by atoms with van der Waals surface area (Å²) in [6, 6.07) is 17.0. The highest BCUT2D eigenvalue weighted by Crippen LogP contribution is 2.17. The smallest absolute Gasteiger partial charge is 0.0562 e. The SMILES string of the molecule is ClC(=C/C=N/Nc1ccc(Cl)cc1)c1ccccc1. The van der Waals surface area contributed by atoms with Crippen molar-refractivity contribution in [1.82, 2.24) is 0 Å². The van der Waals surface area contributed by atoms with Gasteiger partial charge in [0, 0.05) is 16.3 Å². The molecule has 2 aromatic carbocycles. The molecule has 0 bridgehead atoms. The molecule has 2 aromatic rings. The first-order chi connectivity index (χ1) is 9.25. The number of hydrazone groups is 1. The van der Waals surface area contributed by atoms with Gasteiger partial charge in [0.2, 0.25) is 0 Å². The van der Waals surface area contributed by atoms with Gasteiger partial charge in [0.25, 0.3) is 0 Å². The van der Waals surface area contributed by atoms with Gasteiger partial charge >= 0.3 is 0 Å². The summed E-state index contributed by atoms with van der Waals surface area (Å²) in [5, 5.41) is 5.39. The number of hydrogen-bond acceptors (Lipinski definition) is 2. The summed E-state index contributed by atoms with van der Waals surface area (Å²) in [6.07, 6.45) is 3.35. The van der Waals surface area contributed by atoms with E-state index >= 15 is 0 Å². The monoisotopic (exact) mass is 290 g/mol. The van der Waals surface area contributed by atoms with Crippen molar-refractivity contribution in [3.8, 4) is 0 Å². The Balaban J connectivity index is 1.94. The Bertz CT molecular complexity index is 575. The zero-order valence-corrected chi connectivity index (χ0v) is 11.6. The second-order valence-electron chi connectivity index (χ2n) is 3.78. The minimum absolute atomic E-state index is 0.641. The number of halogens is 2. The quantitative estimate of drug-likeness (QED) is 0.621. The minimum atomic E-state index is 0.641. The number of nitrogens with one attached hydrogen (secondary N) is 1. The van der Waals surface area contributed by atoms with E-state index in [-0.39, 0.29) is 0 Å². The first-order valence-electron chi connectivity index (χ1n) is 5.71. The summed E-state index contributed by atoms with van der Waals surface area (Å²) < 4.78 is 0. The molecular formula is C15H12Cl2N2. The molecule has 0 saturated heterocycles. The Labute approximate surface area is 122 Å². The molecule has 2 nitrogen and oxygen atoms in total. The summed E-state index contributed by atoms with van der Waals surface area (Å²) in [4.78, 5) is 0. The van der Waals surface area contributed by atoms with Crippen LogP contribution in [-0.4, -0.2) is 6.21 Å². The Hall–Kier alpha value is -1.77. The van der Waals surface area contributed by atoms with Gasteiger partial charge < -0.3 is 0 Å². The van der Waals surface area contributed by atoms with Crippen LogP contribution >= 0.6 is 23.2 Å². The van der Waals surface area contributed by atoms with Crippen molar-refractivity contribution in [3.63, 3.8) is 0 Å². The molecule has 0 aromatic heterocycles. The van der Waals surface area contributed by atoms with Gasteiger partial charge in [0.1, 0.15) is 0 Å². The van der Waals surface area contributed by atoms with Crippen LogP contribution in [0.25, 0.3) is 5.03 Å². The first-order valence-corrected chi connectivity index (χ1v) is 6.47. The van der Waals surface area contributed by atoms with Crippen molar-refractivity contribution in [2.24, 2.45) is 5.10 Å². The van der Waals surface area contributed by atoms with E-state index in [9.17, 15) is 0 Å². The Morgan fingerprint density at radius 3 is 2.37 bits per heavy atom. The second kappa shape index (κ2) is 6.98. The molecule has 0 amide bonds. The van der Waals surface area contributed by atoms with E-state index in [0.717, 1.165) is 11.3 Å². The predicted molar refractivity (Wildman–Crippen MR) is 83.8 cm³/mol. The van der Waals surface area contributed by atoms with Crippen LogP contribution in [0.15, 0.2) is 65.8 Å². The number of rotatable bonds is 4. The van der Waals surface area contributed by atoms with Crippen LogP contribution in [0.4, 0.5) is 5.69 Å². The molecule has 4 heteroatoms. The third-order valence-corrected chi connectivity index (χ3v) is 2.98. The largest absolute Gasteiger partial charge is 0.279 e. The third kappa shape index (κ3) is 4.43. The van der Waals surface area contributed by atoms with E-state index in [1.165, 1.54) is 0 Å². The second-order valence-corrected chi connectivity index (χ2v) is 4.62. The van der Waals surface area contributed by atoms with Crippen molar-refractivity contribution in [2.45, 2.75) is 0 Å². The maximum Gasteiger partial charge on any atom is 0.0562 e. The molecule has 0 aliphatic carbocycles. The van der Waals surface area contributed by atoms with Gasteiger partial charge in [0.05, 0.1) is 5.69 Å². The Morgan fingerprint density at radius 2 is 1.68 bits per heavy atom. The van der Waals surface area contributed by atoms with Crippen LogP contribution in [0.2, 0.25) is 5.02 Å². The summed E-state index contributed by atoms with van der Waals surface area (Å²) in [5.74, 6) is 0. The van der Waals surface area contributed by atoms with Gasteiger partial charge in [-0.05, 0) is 35.9 Å². The van der Waals surface area contributed by atoms with Crippen LogP contribution in [0.5, 0.6) is 0 Å². The molecule has 0 spiro atoms. The number of benzene rings is 2. The van der Waals surface area contributed by atoms with E-state index in [4.69, 9.17) is 23.2 Å². The van der Waals surface area contributed by atoms with Crippen molar-refractivity contribution in [1.29, 1.82) is 0 Å². The molecule has 1 N–H and O–H groups in total. The van der Waals surface area contributed by atoms with E-state index in [0.29, 0.717) is 10.1 Å². The van der Waals surface area contributed by atoms with Gasteiger partial charge in [-0.25, -0.2) is 0 Å². The zero-order chi connectivity index (χ0) is 13.5. The summed E-state index contributed by atoms with van der Waals surface area (Å²) in [6.45, 7) is 0. The number of nitrogens with zero attached hydrogens (tertiary/aromatic N) is 1. The summed E-state index contributed by atoms with van der Waals surface area (Å²) in [5.41, 5.74) is 4.71. The fraction of sp³-hybridized carbons (Fsp3) is 0. The highest BCUT2D eigenvalue weighted by Gasteiger charge is 1.93.